The number of rotatable bonds is 1. The third-order valence-electron chi connectivity index (χ3n) is 2.22. The van der Waals surface area contributed by atoms with Crippen LogP contribution in [0.25, 0.3) is 11.1 Å². The SMILES string of the molecule is N#Cc1cccc(-c2cc[c]nc2)c1C#N. The van der Waals surface area contributed by atoms with Crippen molar-refractivity contribution in [3.8, 4) is 23.3 Å². The first kappa shape index (κ1) is 9.89. The smallest absolute Gasteiger partial charge is 0.101 e. The third kappa shape index (κ3) is 1.63. The monoisotopic (exact) mass is 204 g/mol. The molecule has 0 fully saturated rings. The molecule has 0 aliphatic carbocycles. The van der Waals surface area contributed by atoms with Crippen molar-refractivity contribution in [3.63, 3.8) is 0 Å². The van der Waals surface area contributed by atoms with Gasteiger partial charge in [-0.15, -0.1) is 0 Å². The highest BCUT2D eigenvalue weighted by Crippen LogP contribution is 2.24. The summed E-state index contributed by atoms with van der Waals surface area (Å²) in [6.07, 6.45) is 4.29. The van der Waals surface area contributed by atoms with E-state index >= 15 is 0 Å². The fourth-order valence-electron chi connectivity index (χ4n) is 1.49. The average molecular weight is 204 g/mol. The van der Waals surface area contributed by atoms with Gasteiger partial charge in [0, 0.05) is 17.3 Å². The van der Waals surface area contributed by atoms with Crippen LogP contribution in [0, 0.1) is 28.9 Å². The second kappa shape index (κ2) is 4.25. The first-order valence-electron chi connectivity index (χ1n) is 4.62. The molecule has 1 radical (unpaired) electrons. The summed E-state index contributed by atoms with van der Waals surface area (Å²) in [4.78, 5) is 3.87. The molecular weight excluding hydrogens is 198 g/mol. The Bertz CT molecular complexity index is 589. The van der Waals surface area contributed by atoms with E-state index in [1.807, 2.05) is 12.1 Å². The van der Waals surface area contributed by atoms with E-state index < -0.39 is 0 Å². The van der Waals surface area contributed by atoms with Crippen molar-refractivity contribution in [2.24, 2.45) is 0 Å². The lowest BCUT2D eigenvalue weighted by Crippen LogP contribution is -1.89. The van der Waals surface area contributed by atoms with Crippen LogP contribution in [-0.4, -0.2) is 4.98 Å². The molecule has 2 rings (SSSR count). The van der Waals surface area contributed by atoms with E-state index in [0.717, 1.165) is 11.1 Å². The molecule has 0 aliphatic heterocycles. The van der Waals surface area contributed by atoms with Crippen LogP contribution in [0.5, 0.6) is 0 Å². The summed E-state index contributed by atoms with van der Waals surface area (Å²) >= 11 is 0. The maximum absolute atomic E-state index is 9.06. The van der Waals surface area contributed by atoms with E-state index in [9.17, 15) is 0 Å². The van der Waals surface area contributed by atoms with Crippen molar-refractivity contribution in [1.82, 2.24) is 4.98 Å². The summed E-state index contributed by atoms with van der Waals surface area (Å²) in [5, 5.41) is 18.0. The zero-order chi connectivity index (χ0) is 11.4. The van der Waals surface area contributed by atoms with Crippen LogP contribution >= 0.6 is 0 Å². The normalized spacial score (nSPS) is 9.12. The number of benzene rings is 1. The van der Waals surface area contributed by atoms with E-state index in [2.05, 4.69) is 17.3 Å². The van der Waals surface area contributed by atoms with Gasteiger partial charge in [0.25, 0.3) is 0 Å². The van der Waals surface area contributed by atoms with Gasteiger partial charge in [-0.2, -0.15) is 10.5 Å². The summed E-state index contributed by atoms with van der Waals surface area (Å²) < 4.78 is 0. The lowest BCUT2D eigenvalue weighted by Gasteiger charge is -2.04. The molecule has 0 amide bonds. The molecule has 0 aliphatic rings. The first-order chi connectivity index (χ1) is 7.86. The van der Waals surface area contributed by atoms with Crippen LogP contribution < -0.4 is 0 Å². The third-order valence-corrected chi connectivity index (χ3v) is 2.22. The zero-order valence-corrected chi connectivity index (χ0v) is 8.31. The predicted molar refractivity (Wildman–Crippen MR) is 57.9 cm³/mol. The van der Waals surface area contributed by atoms with Gasteiger partial charge in [-0.25, -0.2) is 0 Å². The molecule has 0 unspecified atom stereocenters. The van der Waals surface area contributed by atoms with Gasteiger partial charge < -0.3 is 0 Å². The molecule has 0 saturated carbocycles. The van der Waals surface area contributed by atoms with Crippen molar-refractivity contribution in [2.75, 3.05) is 0 Å². The fourth-order valence-corrected chi connectivity index (χ4v) is 1.49. The molecule has 0 spiro atoms. The summed E-state index contributed by atoms with van der Waals surface area (Å²) in [6.45, 7) is 0. The molecule has 3 heteroatoms. The average Bonchev–Trinajstić information content (AvgIpc) is 2.38. The molecular formula is C13H6N3. The molecule has 0 saturated heterocycles. The molecule has 16 heavy (non-hydrogen) atoms. The fraction of sp³-hybridized carbons (Fsp3) is 0. The van der Waals surface area contributed by atoms with Gasteiger partial charge in [-0.1, -0.05) is 18.2 Å². The van der Waals surface area contributed by atoms with Gasteiger partial charge in [-0.3, -0.25) is 4.98 Å². The number of hydrogen-bond donors (Lipinski definition) is 0. The Morgan fingerprint density at radius 1 is 1.12 bits per heavy atom. The molecule has 1 aromatic heterocycles. The van der Waals surface area contributed by atoms with Gasteiger partial charge >= 0.3 is 0 Å². The Hall–Kier alpha value is -2.65. The number of pyridine rings is 1. The van der Waals surface area contributed by atoms with Gasteiger partial charge in [-0.05, 0) is 12.1 Å². The quantitative estimate of drug-likeness (QED) is 0.716. The van der Waals surface area contributed by atoms with Gasteiger partial charge in [0.05, 0.1) is 17.3 Å². The van der Waals surface area contributed by atoms with Crippen LogP contribution in [0.3, 0.4) is 0 Å². The van der Waals surface area contributed by atoms with Crippen molar-refractivity contribution < 1.29 is 0 Å². The number of hydrogen-bond acceptors (Lipinski definition) is 3. The zero-order valence-electron chi connectivity index (χ0n) is 8.31. The lowest BCUT2D eigenvalue weighted by atomic mass is 9.98. The molecule has 1 heterocycles. The highest BCUT2D eigenvalue weighted by atomic mass is 14.6. The standard InChI is InChI=1S/C13H6N3/c14-7-10-3-1-5-12(13(10)8-15)11-4-2-6-16-9-11/h1-5,9H. The number of nitrogens with zero attached hydrogens (tertiary/aromatic N) is 3. The van der Waals surface area contributed by atoms with Gasteiger partial charge in [0.1, 0.15) is 12.1 Å². The maximum Gasteiger partial charge on any atom is 0.101 e. The summed E-state index contributed by atoms with van der Waals surface area (Å²) in [6, 6.07) is 12.7. The largest absolute Gasteiger partial charge is 0.254 e. The summed E-state index contributed by atoms with van der Waals surface area (Å²) in [7, 11) is 0. The molecule has 0 N–H and O–H groups in total. The van der Waals surface area contributed by atoms with Crippen LogP contribution in [-0.2, 0) is 0 Å². The van der Waals surface area contributed by atoms with E-state index in [4.69, 9.17) is 10.5 Å². The molecule has 0 atom stereocenters. The van der Waals surface area contributed by atoms with Crippen molar-refractivity contribution in [3.05, 3.63) is 53.9 Å². The first-order valence-corrected chi connectivity index (χ1v) is 4.62. The second-order valence-electron chi connectivity index (χ2n) is 3.13. The van der Waals surface area contributed by atoms with Crippen molar-refractivity contribution in [2.45, 2.75) is 0 Å². The van der Waals surface area contributed by atoms with Crippen molar-refractivity contribution >= 4 is 0 Å². The summed E-state index contributed by atoms with van der Waals surface area (Å²) in [5.74, 6) is 0. The van der Waals surface area contributed by atoms with E-state index in [0.29, 0.717) is 11.1 Å². The summed E-state index contributed by atoms with van der Waals surface area (Å²) in [5.41, 5.74) is 2.31. The Balaban J connectivity index is 2.69. The molecule has 73 valence electrons. The lowest BCUT2D eigenvalue weighted by molar-refractivity contribution is 1.31. The van der Waals surface area contributed by atoms with E-state index in [1.165, 1.54) is 0 Å². The molecule has 0 bridgehead atoms. The highest BCUT2D eigenvalue weighted by Gasteiger charge is 2.08. The van der Waals surface area contributed by atoms with E-state index in [-0.39, 0.29) is 0 Å². The minimum absolute atomic E-state index is 0.382. The van der Waals surface area contributed by atoms with Crippen molar-refractivity contribution in [1.29, 1.82) is 10.5 Å². The van der Waals surface area contributed by atoms with E-state index in [1.54, 1.807) is 30.5 Å². The molecule has 3 nitrogen and oxygen atoms in total. The van der Waals surface area contributed by atoms with Gasteiger partial charge in [0.2, 0.25) is 0 Å². The Kier molecular flexibility index (Phi) is 2.63. The molecule has 1 aromatic carbocycles. The Morgan fingerprint density at radius 2 is 2.00 bits per heavy atom. The minimum Gasteiger partial charge on any atom is -0.254 e. The minimum atomic E-state index is 0.382. The van der Waals surface area contributed by atoms with Crippen LogP contribution in [0.15, 0.2) is 36.5 Å². The predicted octanol–water partition coefficient (Wildman–Crippen LogP) is 2.29. The Morgan fingerprint density at radius 3 is 2.62 bits per heavy atom. The van der Waals surface area contributed by atoms with Crippen LogP contribution in [0.2, 0.25) is 0 Å². The topological polar surface area (TPSA) is 60.5 Å². The second-order valence-corrected chi connectivity index (χ2v) is 3.13. The maximum atomic E-state index is 9.06. The van der Waals surface area contributed by atoms with Crippen LogP contribution in [0.1, 0.15) is 11.1 Å². The molecule has 2 aromatic rings. The van der Waals surface area contributed by atoms with Crippen LogP contribution in [0.4, 0.5) is 0 Å². The van der Waals surface area contributed by atoms with Gasteiger partial charge in [0.15, 0.2) is 0 Å². The highest BCUT2D eigenvalue weighted by molar-refractivity contribution is 5.72. The number of nitriles is 2. The Labute approximate surface area is 93.2 Å². The number of aromatic nitrogens is 1.